The summed E-state index contributed by atoms with van der Waals surface area (Å²) in [5, 5.41) is 3.38. The van der Waals surface area contributed by atoms with Crippen molar-refractivity contribution in [1.29, 1.82) is 0 Å². The minimum atomic E-state index is 0.787. The van der Waals surface area contributed by atoms with Crippen LogP contribution in [0.15, 0.2) is 35.3 Å². The van der Waals surface area contributed by atoms with Gasteiger partial charge in [-0.05, 0) is 24.8 Å². The first-order chi connectivity index (χ1) is 10.8. The molecule has 0 spiro atoms. The van der Waals surface area contributed by atoms with Crippen molar-refractivity contribution in [2.45, 2.75) is 32.6 Å². The van der Waals surface area contributed by atoms with E-state index in [-0.39, 0.29) is 0 Å². The first-order valence-electron chi connectivity index (χ1n) is 8.31. The number of nitrogens with zero attached hydrogens (tertiary/aromatic N) is 2. The second-order valence-corrected chi connectivity index (χ2v) is 5.45. The van der Waals surface area contributed by atoms with E-state index in [1.54, 1.807) is 0 Å². The molecule has 0 fully saturated rings. The number of ether oxygens (including phenoxy) is 1. The Kier molecular flexibility index (Phi) is 10.1. The summed E-state index contributed by atoms with van der Waals surface area (Å²) in [7, 11) is 3.92. The Morgan fingerprint density at radius 3 is 2.64 bits per heavy atom. The summed E-state index contributed by atoms with van der Waals surface area (Å²) in [6.07, 6.45) is 4.38. The van der Waals surface area contributed by atoms with Crippen molar-refractivity contribution in [2.75, 3.05) is 40.4 Å². The first-order valence-corrected chi connectivity index (χ1v) is 8.31. The van der Waals surface area contributed by atoms with E-state index in [9.17, 15) is 0 Å². The first kappa shape index (κ1) is 18.5. The molecular formula is C18H31N3O. The van der Waals surface area contributed by atoms with Crippen LogP contribution in [0.3, 0.4) is 0 Å². The highest BCUT2D eigenvalue weighted by Crippen LogP contribution is 1.99. The van der Waals surface area contributed by atoms with E-state index in [1.807, 2.05) is 13.1 Å². The van der Waals surface area contributed by atoms with Gasteiger partial charge in [-0.25, -0.2) is 0 Å². The van der Waals surface area contributed by atoms with Crippen LogP contribution in [0.4, 0.5) is 0 Å². The smallest absolute Gasteiger partial charge is 0.193 e. The summed E-state index contributed by atoms with van der Waals surface area (Å²) in [6.45, 7) is 5.72. The molecule has 0 unspecified atom stereocenters. The fourth-order valence-corrected chi connectivity index (χ4v) is 2.20. The third kappa shape index (κ3) is 8.03. The van der Waals surface area contributed by atoms with Crippen LogP contribution in [-0.4, -0.2) is 51.3 Å². The molecule has 0 radical (unpaired) electrons. The quantitative estimate of drug-likeness (QED) is 0.410. The molecule has 0 aromatic heterocycles. The van der Waals surface area contributed by atoms with Crippen molar-refractivity contribution in [1.82, 2.24) is 10.2 Å². The molecule has 0 atom stereocenters. The molecule has 0 aliphatic carbocycles. The van der Waals surface area contributed by atoms with Gasteiger partial charge in [0.2, 0.25) is 0 Å². The SMILES string of the molecule is CCCCN(C)C(=NC)NCCCOCCc1ccccc1. The number of hydrogen-bond acceptors (Lipinski definition) is 2. The Bertz CT molecular complexity index is 406. The van der Waals surface area contributed by atoms with Crippen molar-refractivity contribution < 1.29 is 4.74 Å². The largest absolute Gasteiger partial charge is 0.381 e. The van der Waals surface area contributed by atoms with Gasteiger partial charge in [0.05, 0.1) is 6.61 Å². The van der Waals surface area contributed by atoms with E-state index in [0.29, 0.717) is 0 Å². The maximum absolute atomic E-state index is 5.68. The standard InChI is InChI=1S/C18H31N3O/c1-4-5-14-21(3)18(19-2)20-13-9-15-22-16-12-17-10-7-6-8-11-17/h6-8,10-11H,4-5,9,12-16H2,1-3H3,(H,19,20). The molecule has 124 valence electrons. The number of aliphatic imine (C=N–C) groups is 1. The molecule has 0 aliphatic heterocycles. The van der Waals surface area contributed by atoms with Gasteiger partial charge < -0.3 is 15.0 Å². The van der Waals surface area contributed by atoms with Crippen LogP contribution in [0.1, 0.15) is 31.7 Å². The third-order valence-corrected chi connectivity index (χ3v) is 3.55. The summed E-state index contributed by atoms with van der Waals surface area (Å²) < 4.78 is 5.68. The fourth-order valence-electron chi connectivity index (χ4n) is 2.20. The maximum atomic E-state index is 5.68. The fraction of sp³-hybridized carbons (Fsp3) is 0.611. The predicted octanol–water partition coefficient (Wildman–Crippen LogP) is 2.94. The summed E-state index contributed by atoms with van der Waals surface area (Å²) >= 11 is 0. The van der Waals surface area contributed by atoms with Gasteiger partial charge >= 0.3 is 0 Å². The van der Waals surface area contributed by atoms with Gasteiger partial charge in [0.15, 0.2) is 5.96 Å². The van der Waals surface area contributed by atoms with Gasteiger partial charge in [0.25, 0.3) is 0 Å². The Hall–Kier alpha value is -1.55. The molecule has 1 aromatic rings. The zero-order valence-electron chi connectivity index (χ0n) is 14.3. The molecule has 4 nitrogen and oxygen atoms in total. The van der Waals surface area contributed by atoms with E-state index >= 15 is 0 Å². The number of nitrogens with one attached hydrogen (secondary N) is 1. The van der Waals surface area contributed by atoms with Crippen LogP contribution in [0.2, 0.25) is 0 Å². The van der Waals surface area contributed by atoms with Gasteiger partial charge in [-0.3, -0.25) is 4.99 Å². The number of rotatable bonds is 10. The summed E-state index contributed by atoms with van der Waals surface area (Å²) in [6, 6.07) is 10.5. The molecule has 0 saturated carbocycles. The second-order valence-electron chi connectivity index (χ2n) is 5.45. The predicted molar refractivity (Wildman–Crippen MR) is 94.5 cm³/mol. The van der Waals surface area contributed by atoms with Crippen molar-refractivity contribution in [2.24, 2.45) is 4.99 Å². The molecule has 1 N–H and O–H groups in total. The van der Waals surface area contributed by atoms with Crippen molar-refractivity contribution in [3.63, 3.8) is 0 Å². The lowest BCUT2D eigenvalue weighted by Gasteiger charge is -2.21. The van der Waals surface area contributed by atoms with E-state index in [0.717, 1.165) is 45.1 Å². The number of guanidine groups is 1. The van der Waals surface area contributed by atoms with Crippen LogP contribution < -0.4 is 5.32 Å². The van der Waals surface area contributed by atoms with Crippen LogP contribution >= 0.6 is 0 Å². The van der Waals surface area contributed by atoms with E-state index in [4.69, 9.17) is 4.74 Å². The monoisotopic (exact) mass is 305 g/mol. The zero-order chi connectivity index (χ0) is 16.0. The Balaban J connectivity index is 2.04. The lowest BCUT2D eigenvalue weighted by Crippen LogP contribution is -2.40. The lowest BCUT2D eigenvalue weighted by atomic mass is 10.2. The van der Waals surface area contributed by atoms with Gasteiger partial charge in [-0.1, -0.05) is 43.7 Å². The Labute approximate surface area is 135 Å². The Morgan fingerprint density at radius 1 is 1.18 bits per heavy atom. The average Bonchev–Trinajstić information content (AvgIpc) is 2.56. The van der Waals surface area contributed by atoms with Crippen LogP contribution in [-0.2, 0) is 11.2 Å². The highest BCUT2D eigenvalue weighted by molar-refractivity contribution is 5.79. The van der Waals surface area contributed by atoms with Gasteiger partial charge in [0, 0.05) is 33.8 Å². The molecule has 0 aliphatic rings. The molecular weight excluding hydrogens is 274 g/mol. The minimum absolute atomic E-state index is 0.787. The van der Waals surface area contributed by atoms with Gasteiger partial charge in [0.1, 0.15) is 0 Å². The average molecular weight is 305 g/mol. The molecule has 0 bridgehead atoms. The summed E-state index contributed by atoms with van der Waals surface area (Å²) in [5.41, 5.74) is 1.33. The summed E-state index contributed by atoms with van der Waals surface area (Å²) in [5.74, 6) is 0.970. The molecule has 1 aromatic carbocycles. The van der Waals surface area contributed by atoms with Crippen molar-refractivity contribution >= 4 is 5.96 Å². The van der Waals surface area contributed by atoms with Crippen LogP contribution in [0, 0.1) is 0 Å². The minimum Gasteiger partial charge on any atom is -0.381 e. The molecule has 4 heteroatoms. The van der Waals surface area contributed by atoms with E-state index in [1.165, 1.54) is 18.4 Å². The van der Waals surface area contributed by atoms with Gasteiger partial charge in [-0.2, -0.15) is 0 Å². The van der Waals surface area contributed by atoms with Crippen LogP contribution in [0.5, 0.6) is 0 Å². The van der Waals surface area contributed by atoms with E-state index in [2.05, 4.69) is 53.4 Å². The highest BCUT2D eigenvalue weighted by Gasteiger charge is 2.03. The van der Waals surface area contributed by atoms with Gasteiger partial charge in [-0.15, -0.1) is 0 Å². The summed E-state index contributed by atoms with van der Waals surface area (Å²) in [4.78, 5) is 6.49. The highest BCUT2D eigenvalue weighted by atomic mass is 16.5. The second kappa shape index (κ2) is 12.0. The number of benzene rings is 1. The molecule has 0 heterocycles. The maximum Gasteiger partial charge on any atom is 0.193 e. The number of hydrogen-bond donors (Lipinski definition) is 1. The van der Waals surface area contributed by atoms with Crippen molar-refractivity contribution in [3.05, 3.63) is 35.9 Å². The zero-order valence-corrected chi connectivity index (χ0v) is 14.3. The lowest BCUT2D eigenvalue weighted by molar-refractivity contribution is 0.135. The van der Waals surface area contributed by atoms with Crippen molar-refractivity contribution in [3.8, 4) is 0 Å². The molecule has 0 amide bonds. The molecule has 0 saturated heterocycles. The number of unbranched alkanes of at least 4 members (excludes halogenated alkanes) is 1. The van der Waals surface area contributed by atoms with Crippen LogP contribution in [0.25, 0.3) is 0 Å². The topological polar surface area (TPSA) is 36.9 Å². The normalized spacial score (nSPS) is 11.5. The third-order valence-electron chi connectivity index (χ3n) is 3.55. The van der Waals surface area contributed by atoms with E-state index < -0.39 is 0 Å². The molecule has 22 heavy (non-hydrogen) atoms. The Morgan fingerprint density at radius 2 is 1.95 bits per heavy atom. The molecule has 1 rings (SSSR count).